The maximum Gasteiger partial charge on any atom is 0.226 e. The van der Waals surface area contributed by atoms with E-state index < -0.39 is 5.82 Å². The van der Waals surface area contributed by atoms with Crippen LogP contribution >= 0.6 is 0 Å². The Morgan fingerprint density at radius 3 is 2.79 bits per heavy atom. The molecule has 2 aliphatic heterocycles. The molecule has 0 N–H and O–H groups in total. The number of ether oxygens (including phenoxy) is 1. The number of rotatable bonds is 2. The maximum atomic E-state index is 13.3. The zero-order valence-corrected chi connectivity index (χ0v) is 16.1. The topological polar surface area (TPSA) is 95.2 Å². The molecule has 2 atom stereocenters. The van der Waals surface area contributed by atoms with E-state index in [1.807, 2.05) is 11.8 Å². The van der Waals surface area contributed by atoms with E-state index in [0.717, 1.165) is 18.0 Å². The van der Waals surface area contributed by atoms with Crippen LogP contribution < -0.4 is 9.64 Å². The number of halogens is 1. The third kappa shape index (κ3) is 3.83. The second-order valence-electron chi connectivity index (χ2n) is 7.42. The molecule has 2 aromatic rings. The smallest absolute Gasteiger partial charge is 0.226 e. The highest BCUT2D eigenvalue weighted by Crippen LogP contribution is 2.30. The lowest BCUT2D eigenvalue weighted by molar-refractivity contribution is -0.138. The van der Waals surface area contributed by atoms with E-state index >= 15 is 0 Å². The van der Waals surface area contributed by atoms with Gasteiger partial charge in [-0.05, 0) is 12.3 Å². The van der Waals surface area contributed by atoms with Gasteiger partial charge in [-0.15, -0.1) is 0 Å². The molecule has 0 radical (unpaired) electrons. The summed E-state index contributed by atoms with van der Waals surface area (Å²) >= 11 is 0. The Morgan fingerprint density at radius 1 is 1.28 bits per heavy atom. The Kier molecular flexibility index (Phi) is 5.25. The van der Waals surface area contributed by atoms with Crippen LogP contribution in [0.2, 0.25) is 0 Å². The van der Waals surface area contributed by atoms with Gasteiger partial charge < -0.3 is 14.5 Å². The Labute approximate surface area is 168 Å². The monoisotopic (exact) mass is 396 g/mol. The molecular weight excluding hydrogens is 375 g/mol. The summed E-state index contributed by atoms with van der Waals surface area (Å²) in [6.45, 7) is 4.48. The van der Waals surface area contributed by atoms with E-state index in [1.54, 1.807) is 11.1 Å². The van der Waals surface area contributed by atoms with Crippen LogP contribution in [0.1, 0.15) is 24.5 Å². The molecule has 1 amide bonds. The first kappa shape index (κ1) is 19.1. The van der Waals surface area contributed by atoms with Gasteiger partial charge in [0, 0.05) is 37.0 Å². The van der Waals surface area contributed by atoms with Gasteiger partial charge in [0.2, 0.25) is 11.9 Å². The molecule has 9 heteroatoms. The molecule has 150 valence electrons. The van der Waals surface area contributed by atoms with Gasteiger partial charge in [0.1, 0.15) is 24.0 Å². The molecule has 2 aromatic heterocycles. The molecule has 1 fully saturated rings. The summed E-state index contributed by atoms with van der Waals surface area (Å²) in [4.78, 5) is 29.2. The minimum atomic E-state index is -0.468. The van der Waals surface area contributed by atoms with Crippen molar-refractivity contribution in [2.45, 2.75) is 19.9 Å². The zero-order valence-electron chi connectivity index (χ0n) is 16.1. The second kappa shape index (κ2) is 7.99. The summed E-state index contributed by atoms with van der Waals surface area (Å²) in [7, 11) is 0. The normalized spacial score (nSPS) is 21.6. The number of amides is 1. The van der Waals surface area contributed by atoms with Crippen LogP contribution in [0.4, 0.5) is 10.3 Å². The van der Waals surface area contributed by atoms with Crippen molar-refractivity contribution in [1.29, 1.82) is 5.26 Å². The lowest BCUT2D eigenvalue weighted by atomic mass is 9.85. The van der Waals surface area contributed by atoms with Crippen molar-refractivity contribution in [2.24, 2.45) is 11.8 Å². The summed E-state index contributed by atoms with van der Waals surface area (Å²) < 4.78 is 18.8. The Balaban J connectivity index is 1.46. The molecule has 4 heterocycles. The van der Waals surface area contributed by atoms with Crippen molar-refractivity contribution < 1.29 is 13.9 Å². The Morgan fingerprint density at radius 2 is 2.07 bits per heavy atom. The lowest BCUT2D eigenvalue weighted by Gasteiger charge is -2.38. The van der Waals surface area contributed by atoms with Crippen molar-refractivity contribution in [3.63, 3.8) is 0 Å². The van der Waals surface area contributed by atoms with Crippen LogP contribution in [0.15, 0.2) is 24.8 Å². The second-order valence-corrected chi connectivity index (χ2v) is 7.42. The SMILES string of the molecule is CC1CN(c2ncc(F)cn2)CCC1C(=O)N1CCOc2c(C#N)cncc2C1. The van der Waals surface area contributed by atoms with Crippen LogP contribution in [0.25, 0.3) is 0 Å². The fourth-order valence-corrected chi connectivity index (χ4v) is 3.98. The minimum absolute atomic E-state index is 0.0796. The maximum absolute atomic E-state index is 13.3. The third-order valence-corrected chi connectivity index (χ3v) is 5.48. The summed E-state index contributed by atoms with van der Waals surface area (Å²) in [5, 5.41) is 9.25. The summed E-state index contributed by atoms with van der Waals surface area (Å²) in [6.07, 6.45) is 6.11. The van der Waals surface area contributed by atoms with E-state index in [9.17, 15) is 14.4 Å². The van der Waals surface area contributed by atoms with Gasteiger partial charge in [-0.1, -0.05) is 6.92 Å². The average molecular weight is 396 g/mol. The number of aromatic nitrogens is 3. The standard InChI is InChI=1S/C20H21FN6O2/c1-13-11-27(20-24-9-16(21)10-25-20)3-2-17(13)19(28)26-4-5-29-18-14(6-22)7-23-8-15(18)12-26/h7-10,13,17H,2-5,11-12H2,1H3. The number of hydrogen-bond acceptors (Lipinski definition) is 7. The van der Waals surface area contributed by atoms with Crippen LogP contribution in [0, 0.1) is 29.0 Å². The predicted molar refractivity (Wildman–Crippen MR) is 101 cm³/mol. The summed E-state index contributed by atoms with van der Waals surface area (Å²) in [5.41, 5.74) is 1.14. The van der Waals surface area contributed by atoms with E-state index in [2.05, 4.69) is 21.0 Å². The highest BCUT2D eigenvalue weighted by molar-refractivity contribution is 5.79. The first-order chi connectivity index (χ1) is 14.1. The van der Waals surface area contributed by atoms with E-state index in [1.165, 1.54) is 6.20 Å². The first-order valence-corrected chi connectivity index (χ1v) is 9.58. The van der Waals surface area contributed by atoms with Gasteiger partial charge in [-0.3, -0.25) is 9.78 Å². The summed E-state index contributed by atoms with van der Waals surface area (Å²) in [5.74, 6) is 0.587. The highest BCUT2D eigenvalue weighted by atomic mass is 19.1. The number of hydrogen-bond donors (Lipinski definition) is 0. The molecule has 2 aliphatic rings. The Hall–Kier alpha value is -3.28. The third-order valence-electron chi connectivity index (χ3n) is 5.48. The molecule has 29 heavy (non-hydrogen) atoms. The highest BCUT2D eigenvalue weighted by Gasteiger charge is 2.35. The fraction of sp³-hybridized carbons (Fsp3) is 0.450. The van der Waals surface area contributed by atoms with Gasteiger partial charge in [-0.2, -0.15) is 5.26 Å². The molecule has 0 spiro atoms. The number of nitriles is 1. The predicted octanol–water partition coefficient (Wildman–Crippen LogP) is 1.77. The Bertz CT molecular complexity index is 945. The van der Waals surface area contributed by atoms with Crippen LogP contribution in [-0.4, -0.2) is 52.0 Å². The van der Waals surface area contributed by atoms with E-state index in [4.69, 9.17) is 4.74 Å². The molecule has 4 rings (SSSR count). The molecule has 2 unspecified atom stereocenters. The van der Waals surface area contributed by atoms with Crippen molar-refractivity contribution in [3.8, 4) is 11.8 Å². The zero-order chi connectivity index (χ0) is 20.4. The minimum Gasteiger partial charge on any atom is -0.490 e. The molecule has 1 saturated heterocycles. The molecule has 8 nitrogen and oxygen atoms in total. The average Bonchev–Trinajstić information content (AvgIpc) is 2.96. The lowest BCUT2D eigenvalue weighted by Crippen LogP contribution is -2.47. The van der Waals surface area contributed by atoms with E-state index in [-0.39, 0.29) is 17.7 Å². The molecule has 0 bridgehead atoms. The van der Waals surface area contributed by atoms with Crippen molar-refractivity contribution in [2.75, 3.05) is 31.1 Å². The van der Waals surface area contributed by atoms with Gasteiger partial charge in [0.15, 0.2) is 5.82 Å². The van der Waals surface area contributed by atoms with Crippen LogP contribution in [0.3, 0.4) is 0 Å². The molecular formula is C20H21FN6O2. The van der Waals surface area contributed by atoms with Gasteiger partial charge in [0.05, 0.1) is 25.5 Å². The van der Waals surface area contributed by atoms with Crippen LogP contribution in [0.5, 0.6) is 5.75 Å². The quantitative estimate of drug-likeness (QED) is 0.763. The fourth-order valence-electron chi connectivity index (χ4n) is 3.98. The van der Waals surface area contributed by atoms with Gasteiger partial charge >= 0.3 is 0 Å². The van der Waals surface area contributed by atoms with Crippen LogP contribution in [-0.2, 0) is 11.3 Å². The number of carbonyl (C=O) groups excluding carboxylic acids is 1. The number of piperidine rings is 1. The van der Waals surface area contributed by atoms with Crippen molar-refractivity contribution >= 4 is 11.9 Å². The molecule has 0 aromatic carbocycles. The summed E-state index contributed by atoms with van der Waals surface area (Å²) in [6, 6.07) is 2.09. The van der Waals surface area contributed by atoms with E-state index in [0.29, 0.717) is 56.5 Å². The number of pyridine rings is 1. The van der Waals surface area contributed by atoms with Gasteiger partial charge in [0.25, 0.3) is 0 Å². The number of fused-ring (bicyclic) bond motifs is 1. The number of nitrogens with zero attached hydrogens (tertiary/aromatic N) is 6. The van der Waals surface area contributed by atoms with Gasteiger partial charge in [-0.25, -0.2) is 14.4 Å². The molecule has 0 aliphatic carbocycles. The largest absolute Gasteiger partial charge is 0.490 e. The first-order valence-electron chi connectivity index (χ1n) is 9.58. The molecule has 0 saturated carbocycles. The number of carbonyl (C=O) groups is 1. The van der Waals surface area contributed by atoms with Crippen molar-refractivity contribution in [1.82, 2.24) is 19.9 Å². The number of anilines is 1. The van der Waals surface area contributed by atoms with Crippen molar-refractivity contribution in [3.05, 3.63) is 41.7 Å².